The van der Waals surface area contributed by atoms with Crippen LogP contribution in [0.4, 0.5) is 0 Å². The third-order valence-corrected chi connectivity index (χ3v) is 3.49. The minimum absolute atomic E-state index is 0.175. The number of rotatable bonds is 3. The molecule has 1 fully saturated rings. The maximum atomic E-state index is 11.1. The number of carboxylic acids is 1. The Hall–Kier alpha value is -0.970. The molecule has 0 heterocycles. The van der Waals surface area contributed by atoms with Crippen LogP contribution >= 0.6 is 0 Å². The Morgan fingerprint density at radius 2 is 2.27 bits per heavy atom. The van der Waals surface area contributed by atoms with Crippen LogP contribution in [0, 0.1) is 29.6 Å². The van der Waals surface area contributed by atoms with Crippen LogP contribution in [0.25, 0.3) is 0 Å². The molecule has 0 spiro atoms. The van der Waals surface area contributed by atoms with Gasteiger partial charge in [0.15, 0.2) is 0 Å². The molecule has 0 radical (unpaired) electrons. The van der Waals surface area contributed by atoms with Gasteiger partial charge in [-0.2, -0.15) is 0 Å². The molecule has 0 aromatic rings. The first kappa shape index (κ1) is 12.1. The van der Waals surface area contributed by atoms with E-state index in [0.717, 1.165) is 25.7 Å². The fourth-order valence-electron chi connectivity index (χ4n) is 2.63. The maximum Gasteiger partial charge on any atom is 0.306 e. The van der Waals surface area contributed by atoms with Crippen LogP contribution in [0.5, 0.6) is 0 Å². The number of terminal acetylenes is 1. The first-order valence-corrected chi connectivity index (χ1v) is 5.62. The molecule has 0 aliphatic heterocycles. The zero-order valence-corrected chi connectivity index (χ0v) is 9.62. The van der Waals surface area contributed by atoms with Gasteiger partial charge in [0.2, 0.25) is 0 Å². The van der Waals surface area contributed by atoms with Crippen molar-refractivity contribution in [2.24, 2.45) is 17.3 Å². The first-order chi connectivity index (χ1) is 6.96. The number of carboxylic acid groups (broad SMARTS) is 1. The summed E-state index contributed by atoms with van der Waals surface area (Å²) in [4.78, 5) is 11.1. The third kappa shape index (κ3) is 3.27. The molecule has 2 atom stereocenters. The van der Waals surface area contributed by atoms with Crippen LogP contribution in [-0.4, -0.2) is 11.1 Å². The Kier molecular flexibility index (Phi) is 3.79. The largest absolute Gasteiger partial charge is 0.481 e. The third-order valence-electron chi connectivity index (χ3n) is 3.49. The van der Waals surface area contributed by atoms with Gasteiger partial charge in [-0.1, -0.05) is 13.8 Å². The molecule has 0 aromatic carbocycles. The van der Waals surface area contributed by atoms with Crippen LogP contribution in [-0.2, 0) is 4.79 Å². The molecule has 1 saturated carbocycles. The van der Waals surface area contributed by atoms with Crippen molar-refractivity contribution < 1.29 is 9.90 Å². The Morgan fingerprint density at radius 3 is 2.80 bits per heavy atom. The lowest BCUT2D eigenvalue weighted by atomic mass is 9.66. The zero-order chi connectivity index (χ0) is 11.5. The number of carbonyl (C=O) groups is 1. The fraction of sp³-hybridized carbons (Fsp3) is 0.769. The fourth-order valence-corrected chi connectivity index (χ4v) is 2.63. The predicted molar refractivity (Wildman–Crippen MR) is 60.3 cm³/mol. The summed E-state index contributed by atoms with van der Waals surface area (Å²) in [6.07, 6.45) is 9.60. The highest BCUT2D eigenvalue weighted by Crippen LogP contribution is 2.43. The van der Waals surface area contributed by atoms with Gasteiger partial charge in [0.25, 0.3) is 0 Å². The molecule has 1 aliphatic carbocycles. The molecule has 15 heavy (non-hydrogen) atoms. The quantitative estimate of drug-likeness (QED) is 0.724. The summed E-state index contributed by atoms with van der Waals surface area (Å²) in [6, 6.07) is 0. The molecule has 2 heteroatoms. The molecule has 1 N–H and O–H groups in total. The number of hydrogen-bond donors (Lipinski definition) is 1. The van der Waals surface area contributed by atoms with E-state index in [9.17, 15) is 4.79 Å². The van der Waals surface area contributed by atoms with Crippen molar-refractivity contribution in [1.82, 2.24) is 0 Å². The normalized spacial score (nSPS) is 29.4. The summed E-state index contributed by atoms with van der Waals surface area (Å²) < 4.78 is 0. The van der Waals surface area contributed by atoms with Gasteiger partial charge in [0.1, 0.15) is 0 Å². The van der Waals surface area contributed by atoms with Crippen LogP contribution in [0.1, 0.15) is 46.0 Å². The molecule has 84 valence electrons. The number of aliphatic carboxylic acids is 1. The van der Waals surface area contributed by atoms with Gasteiger partial charge in [0, 0.05) is 6.42 Å². The SMILES string of the molecule is C#CCCC1CC(C)(C)CCC1C(=O)O. The molecule has 0 aromatic heterocycles. The van der Waals surface area contributed by atoms with Gasteiger partial charge < -0.3 is 5.11 Å². The zero-order valence-electron chi connectivity index (χ0n) is 9.62. The van der Waals surface area contributed by atoms with Crippen molar-refractivity contribution >= 4 is 5.97 Å². The molecule has 2 nitrogen and oxygen atoms in total. The van der Waals surface area contributed by atoms with Crippen LogP contribution < -0.4 is 0 Å². The summed E-state index contributed by atoms with van der Waals surface area (Å²) in [5.41, 5.74) is 0.283. The Balaban J connectivity index is 2.65. The molecular formula is C13H20O2. The summed E-state index contributed by atoms with van der Waals surface area (Å²) in [5.74, 6) is 2.05. The average molecular weight is 208 g/mol. The van der Waals surface area contributed by atoms with Gasteiger partial charge in [-0.05, 0) is 37.0 Å². The minimum Gasteiger partial charge on any atom is -0.481 e. The molecule has 1 rings (SSSR count). The molecule has 0 saturated heterocycles. The van der Waals surface area contributed by atoms with E-state index in [1.54, 1.807) is 0 Å². The lowest BCUT2D eigenvalue weighted by Gasteiger charge is -2.38. The number of hydrogen-bond acceptors (Lipinski definition) is 1. The second kappa shape index (κ2) is 4.70. The summed E-state index contributed by atoms with van der Waals surface area (Å²) in [7, 11) is 0. The first-order valence-electron chi connectivity index (χ1n) is 5.62. The highest BCUT2D eigenvalue weighted by Gasteiger charge is 2.37. The van der Waals surface area contributed by atoms with E-state index in [1.165, 1.54) is 0 Å². The Morgan fingerprint density at radius 1 is 1.60 bits per heavy atom. The lowest BCUT2D eigenvalue weighted by Crippen LogP contribution is -2.34. The van der Waals surface area contributed by atoms with Crippen molar-refractivity contribution in [3.05, 3.63) is 0 Å². The summed E-state index contributed by atoms with van der Waals surface area (Å²) in [5, 5.41) is 9.13. The van der Waals surface area contributed by atoms with Gasteiger partial charge in [0.05, 0.1) is 5.92 Å². The second-order valence-electron chi connectivity index (χ2n) is 5.35. The van der Waals surface area contributed by atoms with E-state index >= 15 is 0 Å². The van der Waals surface area contributed by atoms with E-state index in [2.05, 4.69) is 19.8 Å². The Labute approximate surface area is 92.1 Å². The topological polar surface area (TPSA) is 37.3 Å². The van der Waals surface area contributed by atoms with Crippen molar-refractivity contribution in [3.8, 4) is 12.3 Å². The molecule has 1 aliphatic rings. The highest BCUT2D eigenvalue weighted by molar-refractivity contribution is 5.70. The average Bonchev–Trinajstić information content (AvgIpc) is 2.12. The van der Waals surface area contributed by atoms with E-state index in [0.29, 0.717) is 6.42 Å². The van der Waals surface area contributed by atoms with Crippen LogP contribution in [0.15, 0.2) is 0 Å². The molecule has 2 unspecified atom stereocenters. The molecular weight excluding hydrogens is 188 g/mol. The van der Waals surface area contributed by atoms with E-state index in [1.807, 2.05) is 0 Å². The minimum atomic E-state index is -0.646. The molecule has 0 bridgehead atoms. The van der Waals surface area contributed by atoms with Gasteiger partial charge in [-0.25, -0.2) is 0 Å². The lowest BCUT2D eigenvalue weighted by molar-refractivity contribution is -0.146. The van der Waals surface area contributed by atoms with Crippen molar-refractivity contribution in [2.75, 3.05) is 0 Å². The van der Waals surface area contributed by atoms with Gasteiger partial charge >= 0.3 is 5.97 Å². The second-order valence-corrected chi connectivity index (χ2v) is 5.35. The van der Waals surface area contributed by atoms with Crippen molar-refractivity contribution in [1.29, 1.82) is 0 Å². The predicted octanol–water partition coefficient (Wildman–Crippen LogP) is 2.93. The summed E-state index contributed by atoms with van der Waals surface area (Å²) in [6.45, 7) is 4.43. The van der Waals surface area contributed by atoms with Crippen LogP contribution in [0.2, 0.25) is 0 Å². The summed E-state index contributed by atoms with van der Waals surface area (Å²) >= 11 is 0. The maximum absolute atomic E-state index is 11.1. The van der Waals surface area contributed by atoms with E-state index in [-0.39, 0.29) is 17.3 Å². The van der Waals surface area contributed by atoms with Crippen LogP contribution in [0.3, 0.4) is 0 Å². The molecule has 0 amide bonds. The van der Waals surface area contributed by atoms with Crippen molar-refractivity contribution in [3.63, 3.8) is 0 Å². The standard InChI is InChI=1S/C13H20O2/c1-4-5-6-10-9-13(2,3)8-7-11(10)12(14)15/h1,10-11H,5-9H2,2-3H3,(H,14,15). The smallest absolute Gasteiger partial charge is 0.306 e. The van der Waals surface area contributed by atoms with Crippen molar-refractivity contribution in [2.45, 2.75) is 46.0 Å². The van der Waals surface area contributed by atoms with E-state index in [4.69, 9.17) is 11.5 Å². The van der Waals surface area contributed by atoms with Gasteiger partial charge in [-0.15, -0.1) is 12.3 Å². The van der Waals surface area contributed by atoms with Gasteiger partial charge in [-0.3, -0.25) is 4.79 Å². The Bertz CT molecular complexity index is 273. The monoisotopic (exact) mass is 208 g/mol. The van der Waals surface area contributed by atoms with E-state index < -0.39 is 5.97 Å². The highest BCUT2D eigenvalue weighted by atomic mass is 16.4.